The van der Waals surface area contributed by atoms with Gasteiger partial charge in [0, 0.05) is 28.4 Å². The molecule has 0 radical (unpaired) electrons. The highest BCUT2D eigenvalue weighted by Crippen LogP contribution is 2.23. The Morgan fingerprint density at radius 2 is 2.00 bits per heavy atom. The van der Waals surface area contributed by atoms with Gasteiger partial charge in [0.2, 0.25) is 0 Å². The number of aromatic nitrogens is 1. The Morgan fingerprint density at radius 3 is 2.84 bits per heavy atom. The molecule has 2 aromatic carbocycles. The Balaban J connectivity index is 1.84. The topological polar surface area (TPSA) is 51.0 Å². The molecule has 1 heterocycles. The molecule has 0 unspecified atom stereocenters. The van der Waals surface area contributed by atoms with Crippen molar-refractivity contribution in [3.8, 4) is 5.75 Å². The molecule has 0 aliphatic carbocycles. The van der Waals surface area contributed by atoms with Crippen LogP contribution < -0.4 is 10.5 Å². The van der Waals surface area contributed by atoms with Crippen LogP contribution in [0.2, 0.25) is 0 Å². The fourth-order valence-corrected chi connectivity index (χ4v) is 2.04. The average molecular weight is 256 g/mol. The first-order chi connectivity index (χ1) is 9.24. The van der Waals surface area contributed by atoms with Gasteiger partial charge in [0.25, 0.3) is 0 Å². The van der Waals surface area contributed by atoms with Gasteiger partial charge in [0.15, 0.2) is 11.6 Å². The van der Waals surface area contributed by atoms with Crippen molar-refractivity contribution in [2.45, 2.75) is 6.61 Å². The molecule has 3 nitrogen and oxygen atoms in total. The smallest absolute Gasteiger partial charge is 0.165 e. The fraction of sp³-hybridized carbons (Fsp3) is 0.0667. The maximum Gasteiger partial charge on any atom is 0.165 e. The molecule has 96 valence electrons. The lowest BCUT2D eigenvalue weighted by atomic mass is 10.2. The van der Waals surface area contributed by atoms with Crippen LogP contribution in [0.3, 0.4) is 0 Å². The molecule has 0 bridgehead atoms. The van der Waals surface area contributed by atoms with Gasteiger partial charge in [-0.1, -0.05) is 18.2 Å². The summed E-state index contributed by atoms with van der Waals surface area (Å²) in [6.45, 7) is 0.310. The number of anilines is 1. The summed E-state index contributed by atoms with van der Waals surface area (Å²) in [6, 6.07) is 12.0. The SMILES string of the molecule is Nc1ccc2c(COc3ccccc3F)c[nH]c2c1. The first kappa shape index (κ1) is 11.6. The third-order valence-corrected chi connectivity index (χ3v) is 3.01. The van der Waals surface area contributed by atoms with Crippen molar-refractivity contribution in [1.82, 2.24) is 4.98 Å². The number of hydrogen-bond acceptors (Lipinski definition) is 2. The van der Waals surface area contributed by atoms with E-state index in [9.17, 15) is 4.39 Å². The third-order valence-electron chi connectivity index (χ3n) is 3.01. The van der Waals surface area contributed by atoms with E-state index in [-0.39, 0.29) is 11.6 Å². The molecule has 0 saturated heterocycles. The van der Waals surface area contributed by atoms with Gasteiger partial charge in [0.1, 0.15) is 6.61 Å². The third kappa shape index (κ3) is 2.25. The number of ether oxygens (including phenoxy) is 1. The van der Waals surface area contributed by atoms with E-state index in [2.05, 4.69) is 4.98 Å². The monoisotopic (exact) mass is 256 g/mol. The van der Waals surface area contributed by atoms with Gasteiger partial charge in [-0.2, -0.15) is 0 Å². The van der Waals surface area contributed by atoms with Gasteiger partial charge in [-0.15, -0.1) is 0 Å². The van der Waals surface area contributed by atoms with E-state index in [1.165, 1.54) is 6.07 Å². The lowest BCUT2D eigenvalue weighted by Crippen LogP contribution is -1.96. The lowest BCUT2D eigenvalue weighted by Gasteiger charge is -2.06. The Labute approximate surface area is 109 Å². The Kier molecular flexibility index (Phi) is 2.83. The zero-order valence-corrected chi connectivity index (χ0v) is 10.2. The van der Waals surface area contributed by atoms with E-state index >= 15 is 0 Å². The summed E-state index contributed by atoms with van der Waals surface area (Å²) in [5, 5.41) is 1.03. The predicted molar refractivity (Wildman–Crippen MR) is 73.4 cm³/mol. The van der Waals surface area contributed by atoms with Crippen LogP contribution >= 0.6 is 0 Å². The number of nitrogens with two attached hydrogens (primary N) is 1. The molecular weight excluding hydrogens is 243 g/mol. The van der Waals surface area contributed by atoms with Gasteiger partial charge >= 0.3 is 0 Å². The predicted octanol–water partition coefficient (Wildman–Crippen LogP) is 3.47. The summed E-state index contributed by atoms with van der Waals surface area (Å²) >= 11 is 0. The Bertz CT molecular complexity index is 721. The second kappa shape index (κ2) is 4.65. The number of para-hydroxylation sites is 1. The second-order valence-corrected chi connectivity index (χ2v) is 4.34. The number of halogens is 1. The highest BCUT2D eigenvalue weighted by molar-refractivity contribution is 5.85. The number of hydrogen-bond donors (Lipinski definition) is 2. The summed E-state index contributed by atoms with van der Waals surface area (Å²) in [5.41, 5.74) is 8.34. The van der Waals surface area contributed by atoms with Crippen LogP contribution in [-0.2, 0) is 6.61 Å². The highest BCUT2D eigenvalue weighted by Gasteiger charge is 2.06. The summed E-state index contributed by atoms with van der Waals surface area (Å²) in [5.74, 6) is -0.0983. The van der Waals surface area contributed by atoms with E-state index in [0.29, 0.717) is 12.3 Å². The van der Waals surface area contributed by atoms with E-state index in [4.69, 9.17) is 10.5 Å². The number of aromatic amines is 1. The quantitative estimate of drug-likeness (QED) is 0.705. The van der Waals surface area contributed by atoms with Crippen molar-refractivity contribution in [2.24, 2.45) is 0 Å². The molecule has 3 N–H and O–H groups in total. The summed E-state index contributed by atoms with van der Waals surface area (Å²) in [7, 11) is 0. The summed E-state index contributed by atoms with van der Waals surface area (Å²) in [4.78, 5) is 3.13. The largest absolute Gasteiger partial charge is 0.486 e. The van der Waals surface area contributed by atoms with Crippen LogP contribution in [0.4, 0.5) is 10.1 Å². The van der Waals surface area contributed by atoms with E-state index in [0.717, 1.165) is 16.5 Å². The van der Waals surface area contributed by atoms with Gasteiger partial charge in [-0.25, -0.2) is 4.39 Å². The minimum atomic E-state index is -0.355. The number of nitrogen functional groups attached to an aromatic ring is 1. The van der Waals surface area contributed by atoms with Gasteiger partial charge in [-0.05, 0) is 24.3 Å². The second-order valence-electron chi connectivity index (χ2n) is 4.34. The lowest BCUT2D eigenvalue weighted by molar-refractivity contribution is 0.291. The van der Waals surface area contributed by atoms with E-state index in [1.807, 2.05) is 24.4 Å². The van der Waals surface area contributed by atoms with Crippen molar-refractivity contribution in [2.75, 3.05) is 5.73 Å². The van der Waals surface area contributed by atoms with Crippen molar-refractivity contribution in [3.63, 3.8) is 0 Å². The average Bonchev–Trinajstić information content (AvgIpc) is 2.80. The molecular formula is C15H13FN2O. The number of benzene rings is 2. The van der Waals surface area contributed by atoms with E-state index < -0.39 is 0 Å². The minimum Gasteiger partial charge on any atom is -0.486 e. The van der Waals surface area contributed by atoms with Crippen LogP contribution in [0.1, 0.15) is 5.56 Å². The maximum absolute atomic E-state index is 13.4. The standard InChI is InChI=1S/C15H13FN2O/c16-13-3-1-2-4-15(13)19-9-10-8-18-14-7-11(17)5-6-12(10)14/h1-8,18H,9,17H2. The van der Waals surface area contributed by atoms with Crippen molar-refractivity contribution in [1.29, 1.82) is 0 Å². The Morgan fingerprint density at radius 1 is 1.16 bits per heavy atom. The molecule has 0 saturated carbocycles. The summed E-state index contributed by atoms with van der Waals surface area (Å²) in [6.07, 6.45) is 1.85. The van der Waals surface area contributed by atoms with Crippen molar-refractivity contribution in [3.05, 3.63) is 60.0 Å². The fourth-order valence-electron chi connectivity index (χ4n) is 2.04. The van der Waals surface area contributed by atoms with Crippen molar-refractivity contribution >= 4 is 16.6 Å². The van der Waals surface area contributed by atoms with Crippen molar-refractivity contribution < 1.29 is 9.13 Å². The Hall–Kier alpha value is -2.49. The molecule has 3 rings (SSSR count). The first-order valence-electron chi connectivity index (χ1n) is 5.97. The molecule has 0 atom stereocenters. The summed E-state index contributed by atoms with van der Waals surface area (Å²) < 4.78 is 18.9. The molecule has 0 aliphatic heterocycles. The van der Waals surface area contributed by atoms with E-state index in [1.54, 1.807) is 18.2 Å². The number of H-pyrrole nitrogens is 1. The normalized spacial score (nSPS) is 10.8. The van der Waals surface area contributed by atoms with Crippen LogP contribution in [0.15, 0.2) is 48.7 Å². The molecule has 0 spiro atoms. The molecule has 0 fully saturated rings. The number of rotatable bonds is 3. The molecule has 3 aromatic rings. The highest BCUT2D eigenvalue weighted by atomic mass is 19.1. The van der Waals surface area contributed by atoms with Crippen LogP contribution in [0, 0.1) is 5.82 Å². The molecule has 19 heavy (non-hydrogen) atoms. The molecule has 0 aliphatic rings. The molecule has 0 amide bonds. The van der Waals surface area contributed by atoms with Gasteiger partial charge < -0.3 is 15.5 Å². The maximum atomic E-state index is 13.4. The zero-order chi connectivity index (χ0) is 13.2. The van der Waals surface area contributed by atoms with Crippen LogP contribution in [-0.4, -0.2) is 4.98 Å². The van der Waals surface area contributed by atoms with Gasteiger partial charge in [-0.3, -0.25) is 0 Å². The number of nitrogens with one attached hydrogen (secondary N) is 1. The molecule has 1 aromatic heterocycles. The van der Waals surface area contributed by atoms with Crippen LogP contribution in [0.25, 0.3) is 10.9 Å². The first-order valence-corrected chi connectivity index (χ1v) is 5.97. The minimum absolute atomic E-state index is 0.257. The number of fused-ring (bicyclic) bond motifs is 1. The molecule has 4 heteroatoms. The zero-order valence-electron chi connectivity index (χ0n) is 10.2. The van der Waals surface area contributed by atoms with Gasteiger partial charge in [0.05, 0.1) is 0 Å². The van der Waals surface area contributed by atoms with Crippen LogP contribution in [0.5, 0.6) is 5.75 Å².